The quantitative estimate of drug-likeness (QED) is 0.863. The van der Waals surface area contributed by atoms with Gasteiger partial charge in [-0.25, -0.2) is 9.59 Å². The summed E-state index contributed by atoms with van der Waals surface area (Å²) < 4.78 is 43.0. The summed E-state index contributed by atoms with van der Waals surface area (Å²) in [5.41, 5.74) is -0.633. The number of rotatable bonds is 4. The SMILES string of the molecule is C=CCOC(=O)N1C[C@H](c2cccc(C(F)(F)F)c2)[C@H]1C(=O)O. The zero-order valence-electron chi connectivity index (χ0n) is 11.9. The molecule has 1 amide bonds. The second-order valence-corrected chi connectivity index (χ2v) is 5.03. The molecule has 0 radical (unpaired) electrons. The van der Waals surface area contributed by atoms with Gasteiger partial charge >= 0.3 is 18.2 Å². The van der Waals surface area contributed by atoms with Crippen LogP contribution in [0.25, 0.3) is 0 Å². The third-order valence-electron chi connectivity index (χ3n) is 3.56. The average Bonchev–Trinajstić information content (AvgIpc) is 2.43. The fourth-order valence-corrected chi connectivity index (χ4v) is 2.44. The maximum Gasteiger partial charge on any atom is 0.416 e. The normalized spacial score (nSPS) is 20.6. The van der Waals surface area contributed by atoms with Crippen molar-refractivity contribution in [2.75, 3.05) is 13.2 Å². The van der Waals surface area contributed by atoms with Gasteiger partial charge in [-0.1, -0.05) is 30.9 Å². The van der Waals surface area contributed by atoms with Crippen molar-refractivity contribution in [3.05, 3.63) is 48.0 Å². The number of halogens is 3. The van der Waals surface area contributed by atoms with Crippen LogP contribution >= 0.6 is 0 Å². The number of hydrogen-bond acceptors (Lipinski definition) is 3. The number of alkyl halides is 3. The minimum Gasteiger partial charge on any atom is -0.480 e. The Bertz CT molecular complexity index is 629. The van der Waals surface area contributed by atoms with Gasteiger partial charge in [0.1, 0.15) is 12.6 Å². The lowest BCUT2D eigenvalue weighted by atomic mass is 9.82. The number of hydrogen-bond donors (Lipinski definition) is 1. The van der Waals surface area contributed by atoms with Gasteiger partial charge in [-0.05, 0) is 11.6 Å². The predicted octanol–water partition coefficient (Wildman–Crippen LogP) is 2.88. The number of nitrogens with zero attached hydrogens (tertiary/aromatic N) is 1. The summed E-state index contributed by atoms with van der Waals surface area (Å²) >= 11 is 0. The van der Waals surface area contributed by atoms with E-state index in [1.54, 1.807) is 0 Å². The fourth-order valence-electron chi connectivity index (χ4n) is 2.44. The van der Waals surface area contributed by atoms with Crippen molar-refractivity contribution in [3.8, 4) is 0 Å². The van der Waals surface area contributed by atoms with Crippen LogP contribution < -0.4 is 0 Å². The van der Waals surface area contributed by atoms with Crippen LogP contribution in [0.2, 0.25) is 0 Å². The van der Waals surface area contributed by atoms with Gasteiger partial charge < -0.3 is 9.84 Å². The van der Waals surface area contributed by atoms with Gasteiger partial charge in [-0.3, -0.25) is 4.90 Å². The molecule has 1 heterocycles. The zero-order valence-corrected chi connectivity index (χ0v) is 11.9. The number of amides is 1. The van der Waals surface area contributed by atoms with Gasteiger partial charge in [-0.2, -0.15) is 13.2 Å². The number of aliphatic carboxylic acids is 1. The molecule has 0 aliphatic carbocycles. The van der Waals surface area contributed by atoms with Crippen molar-refractivity contribution in [3.63, 3.8) is 0 Å². The van der Waals surface area contributed by atoms with E-state index in [2.05, 4.69) is 6.58 Å². The van der Waals surface area contributed by atoms with Crippen molar-refractivity contribution in [1.82, 2.24) is 4.90 Å². The van der Waals surface area contributed by atoms with Gasteiger partial charge in [0.2, 0.25) is 0 Å². The summed E-state index contributed by atoms with van der Waals surface area (Å²) in [6.07, 6.45) is -4.01. The maximum absolute atomic E-state index is 12.7. The first-order chi connectivity index (χ1) is 10.8. The highest BCUT2D eigenvalue weighted by molar-refractivity contribution is 5.83. The van der Waals surface area contributed by atoms with E-state index in [1.165, 1.54) is 18.2 Å². The van der Waals surface area contributed by atoms with Crippen LogP contribution in [0.4, 0.5) is 18.0 Å². The van der Waals surface area contributed by atoms with Crippen LogP contribution in [0, 0.1) is 0 Å². The van der Waals surface area contributed by atoms with Crippen molar-refractivity contribution < 1.29 is 32.6 Å². The molecule has 1 N–H and O–H groups in total. The summed E-state index contributed by atoms with van der Waals surface area (Å²) in [5.74, 6) is -2.01. The van der Waals surface area contributed by atoms with Crippen molar-refractivity contribution in [2.45, 2.75) is 18.1 Å². The third-order valence-corrected chi connectivity index (χ3v) is 3.56. The van der Waals surface area contributed by atoms with Crippen LogP contribution in [0.15, 0.2) is 36.9 Å². The molecule has 1 aromatic carbocycles. The largest absolute Gasteiger partial charge is 0.480 e. The van der Waals surface area contributed by atoms with Crippen LogP contribution in [0.1, 0.15) is 17.0 Å². The van der Waals surface area contributed by atoms with Crippen molar-refractivity contribution in [2.24, 2.45) is 0 Å². The van der Waals surface area contributed by atoms with E-state index in [0.717, 1.165) is 17.0 Å². The molecule has 1 saturated heterocycles. The van der Waals surface area contributed by atoms with Crippen molar-refractivity contribution in [1.29, 1.82) is 0 Å². The Hall–Kier alpha value is -2.51. The summed E-state index contributed by atoms with van der Waals surface area (Å²) in [6, 6.07) is 3.20. The lowest BCUT2D eigenvalue weighted by molar-refractivity contribution is -0.148. The number of carboxylic acids is 1. The molecule has 8 heteroatoms. The lowest BCUT2D eigenvalue weighted by Gasteiger charge is -2.44. The second kappa shape index (κ2) is 6.31. The molecule has 1 aliphatic heterocycles. The van der Waals surface area contributed by atoms with Crippen LogP contribution in [0.3, 0.4) is 0 Å². The number of benzene rings is 1. The summed E-state index contributed by atoms with van der Waals surface area (Å²) in [5, 5.41) is 9.25. The molecule has 0 saturated carbocycles. The van der Waals surface area contributed by atoms with E-state index >= 15 is 0 Å². The molecule has 23 heavy (non-hydrogen) atoms. The standard InChI is InChI=1S/C15H14F3NO4/c1-2-6-23-14(22)19-8-11(12(19)13(20)21)9-4-3-5-10(7-9)15(16,17)18/h2-5,7,11-12H,1,6,8H2,(H,20,21)/t11-,12+/m1/s1. The first-order valence-electron chi connectivity index (χ1n) is 6.70. The Balaban J connectivity index is 2.20. The Morgan fingerprint density at radius 1 is 1.43 bits per heavy atom. The van der Waals surface area contributed by atoms with Gasteiger partial charge in [0.25, 0.3) is 0 Å². The highest BCUT2D eigenvalue weighted by atomic mass is 19.4. The average molecular weight is 329 g/mol. The molecule has 2 rings (SSSR count). The Kier molecular flexibility index (Phi) is 4.63. The molecule has 5 nitrogen and oxygen atoms in total. The first kappa shape index (κ1) is 16.9. The van der Waals surface area contributed by atoms with E-state index in [4.69, 9.17) is 4.74 Å². The molecule has 2 atom stereocenters. The highest BCUT2D eigenvalue weighted by Crippen LogP contribution is 2.37. The Labute approximate surface area is 130 Å². The van der Waals surface area contributed by atoms with Crippen LogP contribution in [0.5, 0.6) is 0 Å². The third kappa shape index (κ3) is 3.46. The van der Waals surface area contributed by atoms with Gasteiger partial charge in [-0.15, -0.1) is 0 Å². The summed E-state index contributed by atoms with van der Waals surface area (Å²) in [4.78, 5) is 24.0. The summed E-state index contributed by atoms with van der Waals surface area (Å²) in [7, 11) is 0. The number of ether oxygens (including phenoxy) is 1. The molecule has 0 spiro atoms. The first-order valence-corrected chi connectivity index (χ1v) is 6.70. The minimum atomic E-state index is -4.51. The predicted molar refractivity (Wildman–Crippen MR) is 73.9 cm³/mol. The van der Waals surface area contributed by atoms with Gasteiger partial charge in [0, 0.05) is 12.5 Å². The molecule has 124 valence electrons. The van der Waals surface area contributed by atoms with Crippen LogP contribution in [-0.2, 0) is 15.7 Å². The van der Waals surface area contributed by atoms with Gasteiger partial charge in [0.15, 0.2) is 0 Å². The minimum absolute atomic E-state index is 0.0196. The molecular formula is C15H14F3NO4. The molecule has 1 fully saturated rings. The molecular weight excluding hydrogens is 315 g/mol. The molecule has 0 aromatic heterocycles. The lowest BCUT2D eigenvalue weighted by Crippen LogP contribution is -2.60. The maximum atomic E-state index is 12.7. The molecule has 0 unspecified atom stereocenters. The van der Waals surface area contributed by atoms with Gasteiger partial charge in [0.05, 0.1) is 5.56 Å². The molecule has 1 aliphatic rings. The smallest absolute Gasteiger partial charge is 0.416 e. The van der Waals surface area contributed by atoms with E-state index in [-0.39, 0.29) is 18.7 Å². The second-order valence-electron chi connectivity index (χ2n) is 5.03. The van der Waals surface area contributed by atoms with E-state index in [1.807, 2.05) is 0 Å². The Morgan fingerprint density at radius 3 is 2.70 bits per heavy atom. The monoisotopic (exact) mass is 329 g/mol. The number of likely N-dealkylation sites (tertiary alicyclic amines) is 1. The van der Waals surface area contributed by atoms with E-state index in [9.17, 15) is 27.9 Å². The molecule has 0 bridgehead atoms. The highest BCUT2D eigenvalue weighted by Gasteiger charge is 2.48. The zero-order chi connectivity index (χ0) is 17.2. The molecule has 1 aromatic rings. The van der Waals surface area contributed by atoms with Crippen LogP contribution in [-0.4, -0.2) is 41.3 Å². The fraction of sp³-hybridized carbons (Fsp3) is 0.333. The van der Waals surface area contributed by atoms with E-state index < -0.39 is 35.8 Å². The number of carboxylic acid groups (broad SMARTS) is 1. The van der Waals surface area contributed by atoms with Crippen molar-refractivity contribution >= 4 is 12.1 Å². The topological polar surface area (TPSA) is 66.8 Å². The Morgan fingerprint density at radius 2 is 2.13 bits per heavy atom. The number of carbonyl (C=O) groups excluding carboxylic acids is 1. The number of carbonyl (C=O) groups is 2. The van der Waals surface area contributed by atoms with E-state index in [0.29, 0.717) is 0 Å². The summed E-state index contributed by atoms with van der Waals surface area (Å²) in [6.45, 7) is 3.27.